The van der Waals surface area contributed by atoms with Crippen molar-refractivity contribution < 1.29 is 14.6 Å². The molecule has 5 heteroatoms. The second kappa shape index (κ2) is 3.91. The third-order valence-electron chi connectivity index (χ3n) is 1.68. The first-order valence-corrected chi connectivity index (χ1v) is 3.99. The first-order valence-electron chi connectivity index (χ1n) is 3.61. The van der Waals surface area contributed by atoms with Crippen molar-refractivity contribution in [3.05, 3.63) is 28.5 Å². The molecule has 4 N–H and O–H groups in total. The van der Waals surface area contributed by atoms with Crippen LogP contribution >= 0.6 is 11.6 Å². The Morgan fingerprint density at radius 2 is 2.15 bits per heavy atom. The third-order valence-corrected chi connectivity index (χ3v) is 2.01. The standard InChI is InChI=1S/C8H9ClFNO2/c9-4-1-2-5(10)8(13)7(4)6(11)3-12/h1-2,6,12-13H,3,11H2. The van der Waals surface area contributed by atoms with E-state index in [1.807, 2.05) is 0 Å². The Kier molecular flexibility index (Phi) is 3.08. The maximum atomic E-state index is 12.8. The lowest BCUT2D eigenvalue weighted by atomic mass is 10.1. The van der Waals surface area contributed by atoms with E-state index in [4.69, 9.17) is 22.4 Å². The normalized spacial score (nSPS) is 12.9. The number of hydrogen-bond donors (Lipinski definition) is 3. The van der Waals surface area contributed by atoms with Gasteiger partial charge in [0.05, 0.1) is 12.6 Å². The summed E-state index contributed by atoms with van der Waals surface area (Å²) in [7, 11) is 0. The van der Waals surface area contributed by atoms with Crippen LogP contribution in [0.15, 0.2) is 12.1 Å². The number of aliphatic hydroxyl groups is 1. The van der Waals surface area contributed by atoms with Crippen molar-refractivity contribution in [2.45, 2.75) is 6.04 Å². The Morgan fingerprint density at radius 3 is 2.69 bits per heavy atom. The molecule has 1 unspecified atom stereocenters. The van der Waals surface area contributed by atoms with Gasteiger partial charge < -0.3 is 15.9 Å². The molecule has 0 aromatic heterocycles. The number of phenolic OH excluding ortho intramolecular Hbond substituents is 1. The zero-order chi connectivity index (χ0) is 10.0. The van der Waals surface area contributed by atoms with Gasteiger partial charge in [0.25, 0.3) is 0 Å². The van der Waals surface area contributed by atoms with Gasteiger partial charge in [-0.25, -0.2) is 4.39 Å². The molecule has 0 amide bonds. The van der Waals surface area contributed by atoms with E-state index < -0.39 is 24.2 Å². The van der Waals surface area contributed by atoms with Gasteiger partial charge in [-0.1, -0.05) is 11.6 Å². The Morgan fingerprint density at radius 1 is 1.54 bits per heavy atom. The molecule has 1 rings (SSSR count). The van der Waals surface area contributed by atoms with E-state index in [0.717, 1.165) is 6.07 Å². The van der Waals surface area contributed by atoms with Crippen LogP contribution in [0.4, 0.5) is 4.39 Å². The van der Waals surface area contributed by atoms with Crippen LogP contribution in [-0.2, 0) is 0 Å². The Bertz CT molecular complexity index is 319. The molecule has 0 heterocycles. The molecule has 0 fully saturated rings. The Balaban J connectivity index is 3.25. The smallest absolute Gasteiger partial charge is 0.165 e. The topological polar surface area (TPSA) is 66.5 Å². The predicted octanol–water partition coefficient (Wildman–Crippen LogP) is 1.18. The number of nitrogens with two attached hydrogens (primary N) is 1. The van der Waals surface area contributed by atoms with Crippen LogP contribution in [-0.4, -0.2) is 16.8 Å². The highest BCUT2D eigenvalue weighted by molar-refractivity contribution is 6.31. The highest BCUT2D eigenvalue weighted by atomic mass is 35.5. The van der Waals surface area contributed by atoms with Gasteiger partial charge in [-0.15, -0.1) is 0 Å². The van der Waals surface area contributed by atoms with Gasteiger partial charge in [-0.2, -0.15) is 0 Å². The number of rotatable bonds is 2. The maximum Gasteiger partial charge on any atom is 0.165 e. The number of hydrogen-bond acceptors (Lipinski definition) is 3. The van der Waals surface area contributed by atoms with E-state index in [2.05, 4.69) is 0 Å². The first-order chi connectivity index (χ1) is 6.07. The van der Waals surface area contributed by atoms with E-state index in [9.17, 15) is 9.50 Å². The van der Waals surface area contributed by atoms with Crippen LogP contribution in [0.1, 0.15) is 11.6 Å². The zero-order valence-corrected chi connectivity index (χ0v) is 7.42. The quantitative estimate of drug-likeness (QED) is 0.679. The van der Waals surface area contributed by atoms with Crippen LogP contribution < -0.4 is 5.73 Å². The molecule has 0 saturated heterocycles. The number of phenols is 1. The fourth-order valence-electron chi connectivity index (χ4n) is 1.00. The van der Waals surface area contributed by atoms with Gasteiger partial charge >= 0.3 is 0 Å². The lowest BCUT2D eigenvalue weighted by molar-refractivity contribution is 0.264. The largest absolute Gasteiger partial charge is 0.505 e. The summed E-state index contributed by atoms with van der Waals surface area (Å²) in [5.41, 5.74) is 5.44. The summed E-state index contributed by atoms with van der Waals surface area (Å²) in [6.45, 7) is -0.406. The summed E-state index contributed by atoms with van der Waals surface area (Å²) >= 11 is 5.66. The molecule has 0 aliphatic carbocycles. The van der Waals surface area contributed by atoms with E-state index in [-0.39, 0.29) is 10.6 Å². The average Bonchev–Trinajstić information content (AvgIpc) is 2.12. The molecule has 1 aromatic carbocycles. The SMILES string of the molecule is NC(CO)c1c(Cl)ccc(F)c1O. The summed E-state index contributed by atoms with van der Waals surface area (Å²) in [4.78, 5) is 0. The molecule has 13 heavy (non-hydrogen) atoms. The maximum absolute atomic E-state index is 12.8. The van der Waals surface area contributed by atoms with E-state index in [1.165, 1.54) is 6.07 Å². The molecule has 0 aliphatic rings. The van der Waals surface area contributed by atoms with Crippen molar-refractivity contribution in [1.29, 1.82) is 0 Å². The lowest BCUT2D eigenvalue weighted by Gasteiger charge is -2.12. The van der Waals surface area contributed by atoms with Crippen LogP contribution in [0, 0.1) is 5.82 Å². The summed E-state index contributed by atoms with van der Waals surface area (Å²) in [5.74, 6) is -1.41. The van der Waals surface area contributed by atoms with Gasteiger partial charge in [-0.3, -0.25) is 0 Å². The van der Waals surface area contributed by atoms with Crippen LogP contribution in [0.3, 0.4) is 0 Å². The first kappa shape index (κ1) is 10.2. The summed E-state index contributed by atoms with van der Waals surface area (Å²) in [5, 5.41) is 18.1. The van der Waals surface area contributed by atoms with Gasteiger partial charge in [0, 0.05) is 10.6 Å². The fourth-order valence-corrected chi connectivity index (χ4v) is 1.29. The van der Waals surface area contributed by atoms with E-state index in [1.54, 1.807) is 0 Å². The molecule has 0 aliphatic heterocycles. The van der Waals surface area contributed by atoms with Gasteiger partial charge in [0.1, 0.15) is 0 Å². The second-order valence-electron chi connectivity index (χ2n) is 2.58. The minimum atomic E-state index is -0.872. The fraction of sp³-hybridized carbons (Fsp3) is 0.250. The third kappa shape index (κ3) is 1.91. The van der Waals surface area contributed by atoms with E-state index in [0.29, 0.717) is 0 Å². The molecule has 3 nitrogen and oxygen atoms in total. The summed E-state index contributed by atoms with van der Waals surface area (Å²) < 4.78 is 12.8. The van der Waals surface area contributed by atoms with Crippen molar-refractivity contribution in [3.63, 3.8) is 0 Å². The van der Waals surface area contributed by atoms with Crippen molar-refractivity contribution >= 4 is 11.6 Å². The van der Waals surface area contributed by atoms with Crippen LogP contribution in [0.5, 0.6) is 5.75 Å². The second-order valence-corrected chi connectivity index (χ2v) is 2.99. The molecule has 0 bridgehead atoms. The van der Waals surface area contributed by atoms with Gasteiger partial charge in [0.2, 0.25) is 0 Å². The number of halogens is 2. The number of benzene rings is 1. The van der Waals surface area contributed by atoms with Crippen LogP contribution in [0.25, 0.3) is 0 Å². The highest BCUT2D eigenvalue weighted by Gasteiger charge is 2.17. The van der Waals surface area contributed by atoms with E-state index >= 15 is 0 Å². The molecule has 1 atom stereocenters. The lowest BCUT2D eigenvalue weighted by Crippen LogP contribution is -2.15. The minimum absolute atomic E-state index is 0.0316. The zero-order valence-electron chi connectivity index (χ0n) is 6.67. The monoisotopic (exact) mass is 205 g/mol. The Hall–Kier alpha value is -0.840. The molecule has 0 spiro atoms. The minimum Gasteiger partial charge on any atom is -0.505 e. The molecule has 1 aromatic rings. The molecular formula is C8H9ClFNO2. The summed E-state index contributed by atoms with van der Waals surface area (Å²) in [6, 6.07) is 1.44. The molecule has 0 saturated carbocycles. The molecule has 72 valence electrons. The summed E-state index contributed by atoms with van der Waals surface area (Å²) in [6.07, 6.45) is 0. The molecular weight excluding hydrogens is 197 g/mol. The highest BCUT2D eigenvalue weighted by Crippen LogP contribution is 2.32. The van der Waals surface area contributed by atoms with Crippen LogP contribution in [0.2, 0.25) is 5.02 Å². The van der Waals surface area contributed by atoms with Gasteiger partial charge in [0.15, 0.2) is 11.6 Å². The van der Waals surface area contributed by atoms with Gasteiger partial charge in [-0.05, 0) is 12.1 Å². The van der Waals surface area contributed by atoms with Crippen molar-refractivity contribution in [1.82, 2.24) is 0 Å². The number of aliphatic hydroxyl groups excluding tert-OH is 1. The average molecular weight is 206 g/mol. The predicted molar refractivity (Wildman–Crippen MR) is 47.1 cm³/mol. The molecule has 0 radical (unpaired) electrons. The van der Waals surface area contributed by atoms with Crippen molar-refractivity contribution in [2.24, 2.45) is 5.73 Å². The van der Waals surface area contributed by atoms with Crippen molar-refractivity contribution in [2.75, 3.05) is 6.61 Å². The Labute approximate surface area is 79.6 Å². The van der Waals surface area contributed by atoms with Crippen molar-refractivity contribution in [3.8, 4) is 5.75 Å². The number of aromatic hydroxyl groups is 1.